The Balaban J connectivity index is 1.36. The van der Waals surface area contributed by atoms with Crippen molar-refractivity contribution in [2.45, 2.75) is 32.7 Å². The molecule has 0 radical (unpaired) electrons. The van der Waals surface area contributed by atoms with Crippen LogP contribution in [0.4, 0.5) is 5.82 Å². The van der Waals surface area contributed by atoms with Crippen LogP contribution in [-0.4, -0.2) is 46.2 Å². The number of rotatable bonds is 3. The van der Waals surface area contributed by atoms with Gasteiger partial charge in [0.05, 0.1) is 5.39 Å². The quantitative estimate of drug-likeness (QED) is 0.753. The van der Waals surface area contributed by atoms with Gasteiger partial charge in [-0.15, -0.1) is 11.3 Å². The summed E-state index contributed by atoms with van der Waals surface area (Å²) in [5.41, 5.74) is 2.67. The molecule has 1 aliphatic carbocycles. The number of hydrogen-bond donors (Lipinski definition) is 1. The normalized spacial score (nSPS) is 17.6. The summed E-state index contributed by atoms with van der Waals surface area (Å²) in [6.45, 7) is 6.86. The van der Waals surface area contributed by atoms with Crippen LogP contribution in [-0.2, 0) is 19.4 Å². The first kappa shape index (κ1) is 17.0. The van der Waals surface area contributed by atoms with E-state index in [0.717, 1.165) is 44.4 Å². The first-order valence-corrected chi connectivity index (χ1v) is 10.5. The van der Waals surface area contributed by atoms with Gasteiger partial charge >= 0.3 is 0 Å². The number of thiophene rings is 1. The van der Waals surface area contributed by atoms with Gasteiger partial charge in [0.2, 0.25) is 0 Å². The molecule has 3 heterocycles. The second-order valence-corrected chi connectivity index (χ2v) is 8.65. The number of piperazine rings is 1. The molecular formula is C21H24N4OS. The van der Waals surface area contributed by atoms with E-state index >= 15 is 0 Å². The van der Waals surface area contributed by atoms with E-state index < -0.39 is 0 Å². The monoisotopic (exact) mass is 380 g/mol. The number of nitrogens with zero attached hydrogens (tertiary/aromatic N) is 4. The number of aromatic hydroxyl groups is 1. The number of fused-ring (bicyclic) bond motifs is 3. The molecule has 2 aliphatic rings. The van der Waals surface area contributed by atoms with Gasteiger partial charge < -0.3 is 10.0 Å². The Labute approximate surface area is 163 Å². The zero-order valence-corrected chi connectivity index (χ0v) is 16.4. The third kappa shape index (κ3) is 3.17. The number of aryl methyl sites for hydroxylation is 3. The number of phenols is 1. The average molecular weight is 381 g/mol. The zero-order valence-electron chi connectivity index (χ0n) is 15.6. The molecule has 0 amide bonds. The molecule has 1 fully saturated rings. The molecule has 27 heavy (non-hydrogen) atoms. The molecule has 1 N–H and O–H groups in total. The number of anilines is 1. The Hall–Kier alpha value is -2.18. The van der Waals surface area contributed by atoms with E-state index in [1.165, 1.54) is 45.5 Å². The fraction of sp³-hybridized carbons (Fsp3) is 0.429. The molecule has 1 saturated heterocycles. The van der Waals surface area contributed by atoms with Crippen LogP contribution in [0.1, 0.15) is 28.2 Å². The van der Waals surface area contributed by atoms with Crippen molar-refractivity contribution in [1.82, 2.24) is 14.9 Å². The summed E-state index contributed by atoms with van der Waals surface area (Å²) in [5, 5.41) is 11.0. The Kier molecular flexibility index (Phi) is 4.25. The van der Waals surface area contributed by atoms with Crippen LogP contribution < -0.4 is 4.90 Å². The smallest absolute Gasteiger partial charge is 0.141 e. The Morgan fingerprint density at radius 1 is 1.11 bits per heavy atom. The summed E-state index contributed by atoms with van der Waals surface area (Å²) in [6, 6.07) is 7.58. The summed E-state index contributed by atoms with van der Waals surface area (Å²) in [7, 11) is 0. The van der Waals surface area contributed by atoms with Gasteiger partial charge in [0.25, 0.3) is 0 Å². The van der Waals surface area contributed by atoms with Crippen LogP contribution in [0.3, 0.4) is 0 Å². The van der Waals surface area contributed by atoms with Gasteiger partial charge in [0.1, 0.15) is 22.2 Å². The zero-order chi connectivity index (χ0) is 18.4. The molecule has 2 aromatic heterocycles. The largest absolute Gasteiger partial charge is 0.508 e. The SMILES string of the molecule is Cc1nc(N2CCN(Cc3cccc(O)c3)CC2)c2c3c(sc2n1)CCC3. The van der Waals surface area contributed by atoms with Crippen LogP contribution in [0.5, 0.6) is 5.75 Å². The number of hydrogen-bond acceptors (Lipinski definition) is 6. The topological polar surface area (TPSA) is 52.5 Å². The van der Waals surface area contributed by atoms with Crippen LogP contribution in [0.25, 0.3) is 10.2 Å². The maximum absolute atomic E-state index is 9.68. The van der Waals surface area contributed by atoms with Crippen molar-refractivity contribution in [3.05, 3.63) is 46.1 Å². The van der Waals surface area contributed by atoms with Crippen molar-refractivity contribution in [3.63, 3.8) is 0 Å². The van der Waals surface area contributed by atoms with E-state index in [0.29, 0.717) is 5.75 Å². The molecule has 6 heteroatoms. The standard InChI is InChI=1S/C21H24N4OS/c1-14-22-20(19-17-6-3-7-18(17)27-21(19)23-14)25-10-8-24(9-11-25)13-15-4-2-5-16(26)12-15/h2,4-5,12,26H,3,6-11,13H2,1H3. The molecule has 0 atom stereocenters. The predicted molar refractivity (Wildman–Crippen MR) is 110 cm³/mol. The third-order valence-electron chi connectivity index (χ3n) is 5.65. The first-order valence-electron chi connectivity index (χ1n) is 9.71. The summed E-state index contributed by atoms with van der Waals surface area (Å²) >= 11 is 1.87. The lowest BCUT2D eigenvalue weighted by Gasteiger charge is -2.36. The van der Waals surface area contributed by atoms with Crippen LogP contribution in [0.15, 0.2) is 24.3 Å². The molecular weight excluding hydrogens is 356 g/mol. The highest BCUT2D eigenvalue weighted by Crippen LogP contribution is 2.40. The Morgan fingerprint density at radius 3 is 2.78 bits per heavy atom. The fourth-order valence-electron chi connectivity index (χ4n) is 4.34. The summed E-state index contributed by atoms with van der Waals surface area (Å²) in [6.07, 6.45) is 3.64. The van der Waals surface area contributed by atoms with E-state index in [4.69, 9.17) is 9.97 Å². The first-order chi connectivity index (χ1) is 13.2. The molecule has 0 unspecified atom stereocenters. The molecule has 0 spiro atoms. The highest BCUT2D eigenvalue weighted by molar-refractivity contribution is 7.19. The number of benzene rings is 1. The molecule has 1 aliphatic heterocycles. The van der Waals surface area contributed by atoms with E-state index in [2.05, 4.69) is 15.9 Å². The van der Waals surface area contributed by atoms with E-state index in [-0.39, 0.29) is 0 Å². The number of aromatic nitrogens is 2. The number of phenolic OH excluding ortho intramolecular Hbond substituents is 1. The maximum Gasteiger partial charge on any atom is 0.141 e. The maximum atomic E-state index is 9.68. The van der Waals surface area contributed by atoms with Crippen LogP contribution >= 0.6 is 11.3 Å². The highest BCUT2D eigenvalue weighted by Gasteiger charge is 2.26. The summed E-state index contributed by atoms with van der Waals surface area (Å²) in [4.78, 5) is 17.2. The van der Waals surface area contributed by atoms with Gasteiger partial charge in [0, 0.05) is 37.6 Å². The second kappa shape index (κ2) is 6.77. The lowest BCUT2D eigenvalue weighted by molar-refractivity contribution is 0.249. The van der Waals surface area contributed by atoms with E-state index in [1.807, 2.05) is 30.4 Å². The van der Waals surface area contributed by atoms with Gasteiger partial charge in [-0.05, 0) is 49.4 Å². The molecule has 0 saturated carbocycles. The molecule has 1 aromatic carbocycles. The van der Waals surface area contributed by atoms with Crippen molar-refractivity contribution < 1.29 is 5.11 Å². The van der Waals surface area contributed by atoms with Crippen molar-refractivity contribution >= 4 is 27.4 Å². The van der Waals surface area contributed by atoms with E-state index in [1.54, 1.807) is 6.07 Å². The minimum atomic E-state index is 0.344. The molecule has 5 nitrogen and oxygen atoms in total. The van der Waals surface area contributed by atoms with Gasteiger partial charge in [-0.1, -0.05) is 12.1 Å². The summed E-state index contributed by atoms with van der Waals surface area (Å²) < 4.78 is 0. The molecule has 0 bridgehead atoms. The lowest BCUT2D eigenvalue weighted by Crippen LogP contribution is -2.46. The molecule has 140 valence electrons. The van der Waals surface area contributed by atoms with Crippen molar-refractivity contribution in [3.8, 4) is 5.75 Å². The Bertz CT molecular complexity index is 991. The second-order valence-electron chi connectivity index (χ2n) is 7.57. The van der Waals surface area contributed by atoms with Crippen molar-refractivity contribution in [2.75, 3.05) is 31.1 Å². The predicted octanol–water partition coefficient (Wildman–Crippen LogP) is 3.52. The fourth-order valence-corrected chi connectivity index (χ4v) is 5.64. The van der Waals surface area contributed by atoms with Crippen LogP contribution in [0.2, 0.25) is 0 Å². The van der Waals surface area contributed by atoms with Gasteiger partial charge in [-0.25, -0.2) is 9.97 Å². The molecule has 5 rings (SSSR count). The summed E-state index contributed by atoms with van der Waals surface area (Å²) in [5.74, 6) is 2.37. The van der Waals surface area contributed by atoms with Gasteiger partial charge in [-0.3, -0.25) is 4.90 Å². The highest BCUT2D eigenvalue weighted by atomic mass is 32.1. The average Bonchev–Trinajstić information content (AvgIpc) is 3.22. The molecule has 3 aromatic rings. The third-order valence-corrected chi connectivity index (χ3v) is 6.83. The van der Waals surface area contributed by atoms with Gasteiger partial charge in [-0.2, -0.15) is 0 Å². The van der Waals surface area contributed by atoms with Crippen molar-refractivity contribution in [1.29, 1.82) is 0 Å². The minimum absolute atomic E-state index is 0.344. The van der Waals surface area contributed by atoms with E-state index in [9.17, 15) is 5.11 Å². The lowest BCUT2D eigenvalue weighted by atomic mass is 10.1. The van der Waals surface area contributed by atoms with Crippen molar-refractivity contribution in [2.24, 2.45) is 0 Å². The van der Waals surface area contributed by atoms with Gasteiger partial charge in [0.15, 0.2) is 0 Å². The van der Waals surface area contributed by atoms with Crippen LogP contribution in [0, 0.1) is 6.92 Å². The Morgan fingerprint density at radius 2 is 1.96 bits per heavy atom. The minimum Gasteiger partial charge on any atom is -0.508 e.